The van der Waals surface area contributed by atoms with Gasteiger partial charge in [-0.05, 0) is 35.0 Å². The molecule has 3 aromatic carbocycles. The quantitative estimate of drug-likeness (QED) is 0.703. The van der Waals surface area contributed by atoms with Crippen LogP contribution in [0.4, 0.5) is 0 Å². The predicted octanol–water partition coefficient (Wildman–Crippen LogP) is 3.04. The normalized spacial score (nSPS) is 16.0. The van der Waals surface area contributed by atoms with Crippen molar-refractivity contribution in [2.45, 2.75) is 6.10 Å². The van der Waals surface area contributed by atoms with E-state index in [0.29, 0.717) is 19.6 Å². The molecular formula is C24H26N2O3. The lowest BCUT2D eigenvalue weighted by atomic mass is 10.1. The molecule has 0 saturated carbocycles. The molecule has 0 aliphatic carbocycles. The summed E-state index contributed by atoms with van der Waals surface area (Å²) in [6.07, 6.45) is -0.571. The van der Waals surface area contributed by atoms with Crippen LogP contribution in [0.2, 0.25) is 0 Å². The van der Waals surface area contributed by atoms with Crippen LogP contribution in [-0.2, 0) is 0 Å². The summed E-state index contributed by atoms with van der Waals surface area (Å²) in [7, 11) is 0. The number of nitrogens with zero attached hydrogens (tertiary/aromatic N) is 2. The molecule has 1 aliphatic rings. The second kappa shape index (κ2) is 9.07. The largest absolute Gasteiger partial charge is 0.491 e. The topological polar surface area (TPSA) is 53.0 Å². The third-order valence-electron chi connectivity index (χ3n) is 5.31. The fourth-order valence-electron chi connectivity index (χ4n) is 3.70. The van der Waals surface area contributed by atoms with Gasteiger partial charge in [-0.1, -0.05) is 48.5 Å². The highest BCUT2D eigenvalue weighted by Gasteiger charge is 2.23. The number of rotatable bonds is 6. The Bertz CT molecular complexity index is 953. The van der Waals surface area contributed by atoms with E-state index in [1.807, 2.05) is 65.6 Å². The minimum atomic E-state index is -0.571. The highest BCUT2D eigenvalue weighted by molar-refractivity contribution is 5.94. The molecule has 1 heterocycles. The molecule has 5 heteroatoms. The molecule has 150 valence electrons. The van der Waals surface area contributed by atoms with Crippen molar-refractivity contribution in [2.24, 2.45) is 0 Å². The van der Waals surface area contributed by atoms with Crippen LogP contribution in [0.3, 0.4) is 0 Å². The number of hydrogen-bond acceptors (Lipinski definition) is 4. The Kier molecular flexibility index (Phi) is 6.08. The summed E-state index contributed by atoms with van der Waals surface area (Å²) >= 11 is 0. The zero-order valence-electron chi connectivity index (χ0n) is 16.4. The third-order valence-corrected chi connectivity index (χ3v) is 5.31. The number of hydrogen-bond donors (Lipinski definition) is 1. The van der Waals surface area contributed by atoms with Crippen LogP contribution >= 0.6 is 0 Å². The van der Waals surface area contributed by atoms with Crippen LogP contribution in [0.25, 0.3) is 10.8 Å². The van der Waals surface area contributed by atoms with E-state index in [1.54, 1.807) is 0 Å². The average molecular weight is 390 g/mol. The van der Waals surface area contributed by atoms with Gasteiger partial charge in [-0.25, -0.2) is 0 Å². The van der Waals surface area contributed by atoms with Crippen LogP contribution in [0.1, 0.15) is 10.4 Å². The molecule has 0 aromatic heterocycles. The molecule has 0 radical (unpaired) electrons. The Hall–Kier alpha value is -2.89. The monoisotopic (exact) mass is 390 g/mol. The van der Waals surface area contributed by atoms with E-state index in [1.165, 1.54) is 5.39 Å². The molecule has 0 spiro atoms. The Morgan fingerprint density at radius 2 is 1.59 bits per heavy atom. The molecule has 1 fully saturated rings. The summed E-state index contributed by atoms with van der Waals surface area (Å²) in [6.45, 7) is 3.65. The molecular weight excluding hydrogens is 364 g/mol. The first-order valence-electron chi connectivity index (χ1n) is 10.1. The molecule has 1 saturated heterocycles. The molecule has 1 amide bonds. The Morgan fingerprint density at radius 1 is 0.897 bits per heavy atom. The zero-order valence-corrected chi connectivity index (χ0v) is 16.4. The Labute approximate surface area is 171 Å². The van der Waals surface area contributed by atoms with Gasteiger partial charge in [-0.3, -0.25) is 9.69 Å². The molecule has 3 aromatic rings. The van der Waals surface area contributed by atoms with Crippen LogP contribution in [0.5, 0.6) is 5.75 Å². The first kappa shape index (κ1) is 19.4. The molecule has 1 atom stereocenters. The molecule has 1 aliphatic heterocycles. The van der Waals surface area contributed by atoms with Gasteiger partial charge in [0.25, 0.3) is 5.91 Å². The number of β-amino-alcohol motifs (C(OH)–C–C–N with tert-alkyl or cyclic N) is 1. The fraction of sp³-hybridized carbons (Fsp3) is 0.292. The van der Waals surface area contributed by atoms with E-state index in [2.05, 4.69) is 17.0 Å². The van der Waals surface area contributed by atoms with E-state index in [4.69, 9.17) is 4.74 Å². The van der Waals surface area contributed by atoms with Crippen LogP contribution in [-0.4, -0.2) is 66.2 Å². The van der Waals surface area contributed by atoms with E-state index in [-0.39, 0.29) is 12.5 Å². The molecule has 5 nitrogen and oxygen atoms in total. The van der Waals surface area contributed by atoms with Gasteiger partial charge in [0.15, 0.2) is 0 Å². The number of piperazine rings is 1. The van der Waals surface area contributed by atoms with Crippen molar-refractivity contribution >= 4 is 16.7 Å². The van der Waals surface area contributed by atoms with Gasteiger partial charge in [-0.15, -0.1) is 0 Å². The Balaban J connectivity index is 1.23. The lowest BCUT2D eigenvalue weighted by molar-refractivity contribution is 0.0404. The van der Waals surface area contributed by atoms with Gasteiger partial charge in [0.1, 0.15) is 18.5 Å². The van der Waals surface area contributed by atoms with Gasteiger partial charge >= 0.3 is 0 Å². The zero-order chi connectivity index (χ0) is 20.1. The third kappa shape index (κ3) is 4.94. The fourth-order valence-corrected chi connectivity index (χ4v) is 3.70. The summed E-state index contributed by atoms with van der Waals surface area (Å²) in [5, 5.41) is 12.7. The average Bonchev–Trinajstić information content (AvgIpc) is 2.78. The SMILES string of the molecule is O=C(c1ccccc1)N1CCN(CC(O)COc2ccc3ccccc3c2)CC1. The lowest BCUT2D eigenvalue weighted by Crippen LogP contribution is -2.50. The molecule has 29 heavy (non-hydrogen) atoms. The highest BCUT2D eigenvalue weighted by Crippen LogP contribution is 2.20. The minimum absolute atomic E-state index is 0.0745. The second-order valence-electron chi connectivity index (χ2n) is 7.43. The van der Waals surface area contributed by atoms with Crippen molar-refractivity contribution in [3.63, 3.8) is 0 Å². The maximum Gasteiger partial charge on any atom is 0.253 e. The maximum atomic E-state index is 12.5. The first-order chi connectivity index (χ1) is 14.2. The first-order valence-corrected chi connectivity index (χ1v) is 10.1. The summed E-state index contributed by atoms with van der Waals surface area (Å²) in [5.41, 5.74) is 0.727. The standard InChI is InChI=1S/C24H26N2O3/c27-22(18-29-23-11-10-19-6-4-5-9-21(19)16-23)17-25-12-14-26(15-13-25)24(28)20-7-2-1-3-8-20/h1-11,16,22,27H,12-15,17-18H2. The minimum Gasteiger partial charge on any atom is -0.491 e. The van der Waals surface area contributed by atoms with E-state index in [9.17, 15) is 9.90 Å². The van der Waals surface area contributed by atoms with E-state index >= 15 is 0 Å². The van der Waals surface area contributed by atoms with Crippen LogP contribution in [0, 0.1) is 0 Å². The molecule has 1 unspecified atom stereocenters. The maximum absolute atomic E-state index is 12.5. The number of aliphatic hydroxyl groups is 1. The van der Waals surface area contributed by atoms with Crippen LogP contribution in [0.15, 0.2) is 72.8 Å². The summed E-state index contributed by atoms with van der Waals surface area (Å²) < 4.78 is 5.79. The number of carbonyl (C=O) groups is 1. The summed E-state index contributed by atoms with van der Waals surface area (Å²) in [4.78, 5) is 16.6. The van der Waals surface area contributed by atoms with Gasteiger partial charge in [0, 0.05) is 38.3 Å². The van der Waals surface area contributed by atoms with Gasteiger partial charge in [0.2, 0.25) is 0 Å². The Morgan fingerprint density at radius 3 is 2.34 bits per heavy atom. The second-order valence-corrected chi connectivity index (χ2v) is 7.43. The van der Waals surface area contributed by atoms with Crippen molar-refractivity contribution in [1.82, 2.24) is 9.80 Å². The lowest BCUT2D eigenvalue weighted by Gasteiger charge is -2.35. The van der Waals surface area contributed by atoms with Crippen molar-refractivity contribution < 1.29 is 14.6 Å². The van der Waals surface area contributed by atoms with Crippen molar-refractivity contribution in [1.29, 1.82) is 0 Å². The van der Waals surface area contributed by atoms with Gasteiger partial charge in [-0.2, -0.15) is 0 Å². The number of amides is 1. The number of benzene rings is 3. The van der Waals surface area contributed by atoms with Crippen LogP contribution < -0.4 is 4.74 Å². The van der Waals surface area contributed by atoms with Crippen molar-refractivity contribution in [3.05, 3.63) is 78.4 Å². The molecule has 1 N–H and O–H groups in total. The van der Waals surface area contributed by atoms with Crippen molar-refractivity contribution in [3.8, 4) is 5.75 Å². The number of ether oxygens (including phenoxy) is 1. The van der Waals surface area contributed by atoms with E-state index in [0.717, 1.165) is 29.8 Å². The highest BCUT2D eigenvalue weighted by atomic mass is 16.5. The summed E-state index contributed by atoms with van der Waals surface area (Å²) in [6, 6.07) is 23.5. The molecule has 4 rings (SSSR count). The van der Waals surface area contributed by atoms with Gasteiger partial charge < -0.3 is 14.7 Å². The van der Waals surface area contributed by atoms with Gasteiger partial charge in [0.05, 0.1) is 0 Å². The number of aliphatic hydroxyl groups excluding tert-OH is 1. The molecule has 0 bridgehead atoms. The smallest absolute Gasteiger partial charge is 0.253 e. The van der Waals surface area contributed by atoms with Crippen molar-refractivity contribution in [2.75, 3.05) is 39.3 Å². The number of carbonyl (C=O) groups excluding carboxylic acids is 1. The number of fused-ring (bicyclic) bond motifs is 1. The summed E-state index contributed by atoms with van der Waals surface area (Å²) in [5.74, 6) is 0.839. The predicted molar refractivity (Wildman–Crippen MR) is 114 cm³/mol. The van der Waals surface area contributed by atoms with E-state index < -0.39 is 6.10 Å².